The van der Waals surface area contributed by atoms with Crippen LogP contribution in [-0.4, -0.2) is 11.0 Å². The number of aryl methyl sites for hydroxylation is 1. The summed E-state index contributed by atoms with van der Waals surface area (Å²) in [5, 5.41) is 1.06. The van der Waals surface area contributed by atoms with Crippen LogP contribution < -0.4 is 4.74 Å². The fraction of sp³-hybridized carbons (Fsp3) is 0.182. The first-order chi connectivity index (χ1) is 6.65. The van der Waals surface area contributed by atoms with E-state index in [1.807, 2.05) is 25.1 Å². The van der Waals surface area contributed by atoms with Crippen molar-refractivity contribution in [2.45, 2.75) is 13.8 Å². The molecule has 0 saturated heterocycles. The number of carbonyl (C=O) groups excluding carboxylic acids is 1. The van der Waals surface area contributed by atoms with Gasteiger partial charge in [0.2, 0.25) is 0 Å². The minimum Gasteiger partial charge on any atom is -0.427 e. The molecule has 0 saturated carbocycles. The Kier molecular flexibility index (Phi) is 2.00. The number of aromatic amines is 1. The highest BCUT2D eigenvalue weighted by molar-refractivity contribution is 5.82. The number of hydrogen-bond acceptors (Lipinski definition) is 2. The van der Waals surface area contributed by atoms with Crippen molar-refractivity contribution in [2.75, 3.05) is 0 Å². The van der Waals surface area contributed by atoms with Crippen molar-refractivity contribution < 1.29 is 9.53 Å². The number of nitrogens with one attached hydrogen (secondary N) is 1. The molecule has 0 aliphatic heterocycles. The van der Waals surface area contributed by atoms with E-state index in [2.05, 4.69) is 4.98 Å². The quantitative estimate of drug-likeness (QED) is 0.553. The first kappa shape index (κ1) is 8.81. The van der Waals surface area contributed by atoms with Crippen LogP contribution in [0.15, 0.2) is 24.3 Å². The second kappa shape index (κ2) is 3.18. The molecule has 0 aliphatic carbocycles. The lowest BCUT2D eigenvalue weighted by Gasteiger charge is -1.99. The summed E-state index contributed by atoms with van der Waals surface area (Å²) < 4.78 is 4.98. The minimum atomic E-state index is -0.295. The predicted octanol–water partition coefficient (Wildman–Crippen LogP) is 2.40. The van der Waals surface area contributed by atoms with E-state index in [0.717, 1.165) is 16.6 Å². The number of esters is 1. The number of ether oxygens (including phenoxy) is 1. The molecule has 0 atom stereocenters. The van der Waals surface area contributed by atoms with E-state index in [1.165, 1.54) is 6.92 Å². The third-order valence-electron chi connectivity index (χ3n) is 1.99. The van der Waals surface area contributed by atoms with Crippen LogP contribution in [0.25, 0.3) is 10.9 Å². The highest BCUT2D eigenvalue weighted by Crippen LogP contribution is 2.21. The topological polar surface area (TPSA) is 42.1 Å². The summed E-state index contributed by atoms with van der Waals surface area (Å²) in [4.78, 5) is 13.9. The van der Waals surface area contributed by atoms with Gasteiger partial charge in [0.15, 0.2) is 0 Å². The molecule has 0 amide bonds. The molecule has 3 nitrogen and oxygen atoms in total. The van der Waals surface area contributed by atoms with E-state index in [1.54, 1.807) is 6.07 Å². The Morgan fingerprint density at radius 3 is 2.86 bits per heavy atom. The van der Waals surface area contributed by atoms with Gasteiger partial charge in [0.05, 0.1) is 0 Å². The van der Waals surface area contributed by atoms with Gasteiger partial charge in [-0.25, -0.2) is 0 Å². The Labute approximate surface area is 81.7 Å². The van der Waals surface area contributed by atoms with Crippen LogP contribution in [0.2, 0.25) is 0 Å². The molecule has 14 heavy (non-hydrogen) atoms. The molecule has 1 N–H and O–H groups in total. The number of rotatable bonds is 1. The lowest BCUT2D eigenvalue weighted by Crippen LogP contribution is -2.00. The molecule has 0 aliphatic rings. The van der Waals surface area contributed by atoms with E-state index >= 15 is 0 Å². The molecule has 0 unspecified atom stereocenters. The van der Waals surface area contributed by atoms with Gasteiger partial charge in [-0.3, -0.25) is 4.79 Å². The Morgan fingerprint density at radius 1 is 1.36 bits per heavy atom. The number of fused-ring (bicyclic) bond motifs is 1. The third kappa shape index (κ3) is 1.62. The van der Waals surface area contributed by atoms with Crippen LogP contribution in [0.4, 0.5) is 0 Å². The zero-order valence-corrected chi connectivity index (χ0v) is 8.13. The summed E-state index contributed by atoms with van der Waals surface area (Å²) in [5.74, 6) is 0.292. The van der Waals surface area contributed by atoms with Crippen molar-refractivity contribution in [1.82, 2.24) is 4.98 Å². The molecule has 1 aromatic carbocycles. The molecule has 2 rings (SSSR count). The van der Waals surface area contributed by atoms with Gasteiger partial charge in [0, 0.05) is 23.5 Å². The lowest BCUT2D eigenvalue weighted by atomic mass is 10.2. The molecule has 1 aromatic heterocycles. The second-order valence-electron chi connectivity index (χ2n) is 3.30. The summed E-state index contributed by atoms with van der Waals surface area (Å²) in [6.45, 7) is 3.39. The maximum atomic E-state index is 10.7. The predicted molar refractivity (Wildman–Crippen MR) is 54.3 cm³/mol. The van der Waals surface area contributed by atoms with Crippen molar-refractivity contribution in [1.29, 1.82) is 0 Å². The van der Waals surface area contributed by atoms with Gasteiger partial charge < -0.3 is 9.72 Å². The largest absolute Gasteiger partial charge is 0.427 e. The number of benzene rings is 1. The van der Waals surface area contributed by atoms with Crippen molar-refractivity contribution in [2.24, 2.45) is 0 Å². The van der Waals surface area contributed by atoms with E-state index in [4.69, 9.17) is 4.74 Å². The van der Waals surface area contributed by atoms with Crippen LogP contribution in [0.5, 0.6) is 5.75 Å². The maximum absolute atomic E-state index is 10.7. The molecule has 0 bridgehead atoms. The first-order valence-electron chi connectivity index (χ1n) is 4.43. The fourth-order valence-corrected chi connectivity index (χ4v) is 1.49. The number of H-pyrrole nitrogens is 1. The van der Waals surface area contributed by atoms with Crippen LogP contribution in [0, 0.1) is 6.92 Å². The minimum absolute atomic E-state index is 0.295. The summed E-state index contributed by atoms with van der Waals surface area (Å²) >= 11 is 0. The number of aromatic nitrogens is 1. The molecular formula is C11H11NO2. The average molecular weight is 189 g/mol. The van der Waals surface area contributed by atoms with Crippen molar-refractivity contribution in [3.8, 4) is 5.75 Å². The SMILES string of the molecule is CC(=O)Oc1ccc2[nH]c(C)cc2c1. The van der Waals surface area contributed by atoms with E-state index in [9.17, 15) is 4.79 Å². The molecular weight excluding hydrogens is 178 g/mol. The summed E-state index contributed by atoms with van der Waals surface area (Å²) in [6, 6.07) is 7.54. The van der Waals surface area contributed by atoms with Crippen LogP contribution in [0.1, 0.15) is 12.6 Å². The molecule has 2 aromatic rings. The molecule has 1 heterocycles. The van der Waals surface area contributed by atoms with Crippen LogP contribution in [-0.2, 0) is 4.79 Å². The Bertz CT molecular complexity index is 485. The van der Waals surface area contributed by atoms with Crippen LogP contribution in [0.3, 0.4) is 0 Å². The van der Waals surface area contributed by atoms with Gasteiger partial charge in [-0.05, 0) is 31.2 Å². The van der Waals surface area contributed by atoms with Gasteiger partial charge in [0.1, 0.15) is 5.75 Å². The smallest absolute Gasteiger partial charge is 0.308 e. The first-order valence-corrected chi connectivity index (χ1v) is 4.43. The van der Waals surface area contributed by atoms with E-state index in [0.29, 0.717) is 5.75 Å². The van der Waals surface area contributed by atoms with Gasteiger partial charge in [-0.15, -0.1) is 0 Å². The maximum Gasteiger partial charge on any atom is 0.308 e. The van der Waals surface area contributed by atoms with Gasteiger partial charge in [-0.1, -0.05) is 0 Å². The average Bonchev–Trinajstić information content (AvgIpc) is 2.42. The molecule has 0 spiro atoms. The van der Waals surface area contributed by atoms with Crippen LogP contribution >= 0.6 is 0 Å². The van der Waals surface area contributed by atoms with Gasteiger partial charge in [-0.2, -0.15) is 0 Å². The van der Waals surface area contributed by atoms with Crippen molar-refractivity contribution in [3.05, 3.63) is 30.0 Å². The number of carbonyl (C=O) groups is 1. The Balaban J connectivity index is 2.45. The Hall–Kier alpha value is -1.77. The van der Waals surface area contributed by atoms with Crippen molar-refractivity contribution in [3.63, 3.8) is 0 Å². The summed E-state index contributed by atoms with van der Waals surface area (Å²) in [5.41, 5.74) is 2.15. The molecule has 72 valence electrons. The zero-order valence-electron chi connectivity index (χ0n) is 8.13. The lowest BCUT2D eigenvalue weighted by molar-refractivity contribution is -0.131. The monoisotopic (exact) mass is 189 g/mol. The van der Waals surface area contributed by atoms with E-state index in [-0.39, 0.29) is 5.97 Å². The van der Waals surface area contributed by atoms with Crippen molar-refractivity contribution >= 4 is 16.9 Å². The highest BCUT2D eigenvalue weighted by atomic mass is 16.5. The van der Waals surface area contributed by atoms with E-state index < -0.39 is 0 Å². The van der Waals surface area contributed by atoms with Gasteiger partial charge in [0.25, 0.3) is 0 Å². The third-order valence-corrected chi connectivity index (χ3v) is 1.99. The number of hydrogen-bond donors (Lipinski definition) is 1. The molecule has 0 fully saturated rings. The summed E-state index contributed by atoms with van der Waals surface area (Å²) in [6.07, 6.45) is 0. The van der Waals surface area contributed by atoms with Gasteiger partial charge >= 0.3 is 5.97 Å². The summed E-state index contributed by atoms with van der Waals surface area (Å²) in [7, 11) is 0. The fourth-order valence-electron chi connectivity index (χ4n) is 1.49. The normalized spacial score (nSPS) is 10.4. The standard InChI is InChI=1S/C11H11NO2/c1-7-5-9-6-10(14-8(2)13)3-4-11(9)12-7/h3-6,12H,1-2H3. The highest BCUT2D eigenvalue weighted by Gasteiger charge is 2.01. The zero-order chi connectivity index (χ0) is 10.1. The molecule has 0 radical (unpaired) electrons. The Morgan fingerprint density at radius 2 is 2.14 bits per heavy atom. The second-order valence-corrected chi connectivity index (χ2v) is 3.30. The molecule has 3 heteroatoms.